The first-order chi connectivity index (χ1) is 12.3. The van der Waals surface area contributed by atoms with Crippen LogP contribution in [0.3, 0.4) is 0 Å². The number of halogens is 1. The van der Waals surface area contributed by atoms with Gasteiger partial charge in [-0.1, -0.05) is 12.1 Å². The summed E-state index contributed by atoms with van der Waals surface area (Å²) in [6, 6.07) is 11.8. The van der Waals surface area contributed by atoms with Gasteiger partial charge in [0.25, 0.3) is 0 Å². The summed E-state index contributed by atoms with van der Waals surface area (Å²) >= 11 is 3.47. The molecule has 0 saturated carbocycles. The Morgan fingerprint density at radius 1 is 1.08 bits per heavy atom. The van der Waals surface area contributed by atoms with Crippen LogP contribution < -0.4 is 5.32 Å². The summed E-state index contributed by atoms with van der Waals surface area (Å²) in [6.45, 7) is 0.544. The van der Waals surface area contributed by atoms with E-state index in [4.69, 9.17) is 4.42 Å². The second kappa shape index (κ2) is 5.56. The molecule has 0 spiro atoms. The number of hydrogen-bond acceptors (Lipinski definition) is 5. The predicted octanol–water partition coefficient (Wildman–Crippen LogP) is 4.40. The van der Waals surface area contributed by atoms with Crippen molar-refractivity contribution in [2.45, 2.75) is 6.54 Å². The van der Waals surface area contributed by atoms with Gasteiger partial charge in [0.2, 0.25) is 0 Å². The number of para-hydroxylation sites is 1. The number of aromatic nitrogens is 4. The molecule has 122 valence electrons. The van der Waals surface area contributed by atoms with Gasteiger partial charge in [-0.25, -0.2) is 15.0 Å². The average Bonchev–Trinajstić information content (AvgIpc) is 3.20. The summed E-state index contributed by atoms with van der Waals surface area (Å²) in [4.78, 5) is 13.3. The van der Waals surface area contributed by atoms with Crippen molar-refractivity contribution in [1.82, 2.24) is 19.4 Å². The zero-order valence-corrected chi connectivity index (χ0v) is 14.6. The number of benzene rings is 1. The maximum absolute atomic E-state index is 5.93. The SMILES string of the molecule is Brc1ccc2nc(CNc3ncnc4c3oc3ccccc34)cn2c1. The van der Waals surface area contributed by atoms with Crippen molar-refractivity contribution in [3.63, 3.8) is 0 Å². The van der Waals surface area contributed by atoms with Crippen molar-refractivity contribution >= 4 is 49.5 Å². The van der Waals surface area contributed by atoms with Gasteiger partial charge in [-0.2, -0.15) is 0 Å². The first-order valence-electron chi connectivity index (χ1n) is 7.77. The van der Waals surface area contributed by atoms with Crippen LogP contribution in [0, 0.1) is 0 Å². The van der Waals surface area contributed by atoms with Gasteiger partial charge in [-0.15, -0.1) is 0 Å². The number of rotatable bonds is 3. The molecule has 25 heavy (non-hydrogen) atoms. The van der Waals surface area contributed by atoms with Gasteiger partial charge in [0.05, 0.1) is 12.2 Å². The van der Waals surface area contributed by atoms with E-state index in [2.05, 4.69) is 36.2 Å². The number of nitrogens with zero attached hydrogens (tertiary/aromatic N) is 4. The number of fused-ring (bicyclic) bond motifs is 4. The number of imidazole rings is 1. The van der Waals surface area contributed by atoms with Crippen molar-refractivity contribution in [1.29, 1.82) is 0 Å². The summed E-state index contributed by atoms with van der Waals surface area (Å²) in [6.07, 6.45) is 5.52. The highest BCUT2D eigenvalue weighted by atomic mass is 79.9. The van der Waals surface area contributed by atoms with Crippen LogP contribution in [-0.2, 0) is 6.54 Å². The van der Waals surface area contributed by atoms with Crippen molar-refractivity contribution < 1.29 is 4.42 Å². The van der Waals surface area contributed by atoms with Gasteiger partial charge < -0.3 is 14.1 Å². The van der Waals surface area contributed by atoms with E-state index >= 15 is 0 Å². The highest BCUT2D eigenvalue weighted by Crippen LogP contribution is 2.30. The van der Waals surface area contributed by atoms with Gasteiger partial charge in [0.15, 0.2) is 11.4 Å². The largest absolute Gasteiger partial charge is 0.450 e. The molecule has 0 fully saturated rings. The minimum absolute atomic E-state index is 0.544. The van der Waals surface area contributed by atoms with E-state index in [1.165, 1.54) is 0 Å². The van der Waals surface area contributed by atoms with Crippen LogP contribution in [0.15, 0.2) is 64.0 Å². The monoisotopic (exact) mass is 393 g/mol. The predicted molar refractivity (Wildman–Crippen MR) is 99.5 cm³/mol. The zero-order chi connectivity index (χ0) is 16.8. The molecule has 0 aliphatic rings. The molecule has 4 aromatic heterocycles. The molecule has 0 saturated heterocycles. The molecule has 5 aromatic rings. The molecule has 1 N–H and O–H groups in total. The Hall–Kier alpha value is -2.93. The van der Waals surface area contributed by atoms with Crippen LogP contribution in [0.1, 0.15) is 5.69 Å². The molecule has 0 bridgehead atoms. The van der Waals surface area contributed by atoms with Crippen LogP contribution in [0.2, 0.25) is 0 Å². The van der Waals surface area contributed by atoms with Crippen LogP contribution in [-0.4, -0.2) is 19.4 Å². The molecule has 5 rings (SSSR count). The minimum atomic E-state index is 0.544. The molecule has 1 aromatic carbocycles. The lowest BCUT2D eigenvalue weighted by Gasteiger charge is -2.02. The Bertz CT molecular complexity index is 1230. The summed E-state index contributed by atoms with van der Waals surface area (Å²) < 4.78 is 8.92. The van der Waals surface area contributed by atoms with Crippen LogP contribution in [0.4, 0.5) is 5.82 Å². The average molecular weight is 394 g/mol. The maximum Gasteiger partial charge on any atom is 0.196 e. The fourth-order valence-corrected chi connectivity index (χ4v) is 3.28. The Balaban J connectivity index is 1.50. The molecule has 0 amide bonds. The van der Waals surface area contributed by atoms with E-state index in [1.807, 2.05) is 53.2 Å². The van der Waals surface area contributed by atoms with E-state index in [-0.39, 0.29) is 0 Å². The fraction of sp³-hybridized carbons (Fsp3) is 0.0556. The van der Waals surface area contributed by atoms with Crippen molar-refractivity contribution in [3.8, 4) is 0 Å². The van der Waals surface area contributed by atoms with E-state index in [9.17, 15) is 0 Å². The second-order valence-electron chi connectivity index (χ2n) is 5.70. The lowest BCUT2D eigenvalue weighted by molar-refractivity contribution is 0.666. The Labute approximate surface area is 150 Å². The topological polar surface area (TPSA) is 68.2 Å². The minimum Gasteiger partial charge on any atom is -0.450 e. The molecule has 7 heteroatoms. The molecule has 0 unspecified atom stereocenters. The summed E-state index contributed by atoms with van der Waals surface area (Å²) in [5.74, 6) is 0.666. The molecule has 6 nitrogen and oxygen atoms in total. The van der Waals surface area contributed by atoms with Crippen molar-refractivity contribution in [2.75, 3.05) is 5.32 Å². The third-order valence-electron chi connectivity index (χ3n) is 4.06. The van der Waals surface area contributed by atoms with Crippen LogP contribution in [0.25, 0.3) is 27.7 Å². The first kappa shape index (κ1) is 14.4. The lowest BCUT2D eigenvalue weighted by Crippen LogP contribution is -2.02. The number of anilines is 1. The van der Waals surface area contributed by atoms with Gasteiger partial charge in [0.1, 0.15) is 23.1 Å². The van der Waals surface area contributed by atoms with E-state index in [0.29, 0.717) is 17.9 Å². The van der Waals surface area contributed by atoms with E-state index < -0.39 is 0 Å². The summed E-state index contributed by atoms with van der Waals surface area (Å²) in [7, 11) is 0. The van der Waals surface area contributed by atoms with Gasteiger partial charge >= 0.3 is 0 Å². The highest BCUT2D eigenvalue weighted by Gasteiger charge is 2.13. The third-order valence-corrected chi connectivity index (χ3v) is 4.53. The standard InChI is InChI=1S/C18H12BrN5O/c19-11-5-6-15-23-12(9-24(15)8-11)7-20-18-17-16(21-10-22-18)13-3-1-2-4-14(13)25-17/h1-6,8-10H,7H2,(H,20,21,22). The molecule has 4 heterocycles. The summed E-state index contributed by atoms with van der Waals surface area (Å²) in [5.41, 5.74) is 4.10. The second-order valence-corrected chi connectivity index (χ2v) is 6.61. The maximum atomic E-state index is 5.93. The van der Waals surface area contributed by atoms with Crippen LogP contribution >= 0.6 is 15.9 Å². The highest BCUT2D eigenvalue weighted by molar-refractivity contribution is 9.10. The molecule has 0 aliphatic heterocycles. The lowest BCUT2D eigenvalue weighted by atomic mass is 10.2. The third kappa shape index (κ3) is 2.44. The van der Waals surface area contributed by atoms with Gasteiger partial charge in [-0.3, -0.25) is 0 Å². The van der Waals surface area contributed by atoms with Crippen molar-refractivity contribution in [2.24, 2.45) is 0 Å². The number of furan rings is 1. The summed E-state index contributed by atoms with van der Waals surface area (Å²) in [5, 5.41) is 4.29. The zero-order valence-electron chi connectivity index (χ0n) is 13.0. The molecule has 0 atom stereocenters. The number of nitrogens with one attached hydrogen (secondary N) is 1. The van der Waals surface area contributed by atoms with Gasteiger partial charge in [0, 0.05) is 22.3 Å². The molecule has 0 aliphatic carbocycles. The molecular weight excluding hydrogens is 382 g/mol. The Morgan fingerprint density at radius 3 is 2.96 bits per heavy atom. The van der Waals surface area contributed by atoms with Gasteiger partial charge in [-0.05, 0) is 40.2 Å². The Kier molecular flexibility index (Phi) is 3.21. The number of hydrogen-bond donors (Lipinski definition) is 1. The number of pyridine rings is 1. The van der Waals surface area contributed by atoms with Crippen LogP contribution in [0.5, 0.6) is 0 Å². The van der Waals surface area contributed by atoms with E-state index in [1.54, 1.807) is 6.33 Å². The van der Waals surface area contributed by atoms with E-state index in [0.717, 1.165) is 32.3 Å². The quantitative estimate of drug-likeness (QED) is 0.491. The first-order valence-corrected chi connectivity index (χ1v) is 8.56. The van der Waals surface area contributed by atoms with Crippen molar-refractivity contribution in [3.05, 3.63) is 65.3 Å². The molecule has 0 radical (unpaired) electrons. The molecular formula is C18H12BrN5O. The fourth-order valence-electron chi connectivity index (χ4n) is 2.93. The smallest absolute Gasteiger partial charge is 0.196 e. The normalized spacial score (nSPS) is 11.6. The Morgan fingerprint density at radius 2 is 2.00 bits per heavy atom.